The molecule has 148 valence electrons. The van der Waals surface area contributed by atoms with E-state index in [9.17, 15) is 14.7 Å². The van der Waals surface area contributed by atoms with Gasteiger partial charge >= 0.3 is 0 Å². The van der Waals surface area contributed by atoms with Crippen LogP contribution in [0.5, 0.6) is 0 Å². The first kappa shape index (κ1) is 19.0. The van der Waals surface area contributed by atoms with Gasteiger partial charge in [-0.2, -0.15) is 0 Å². The average Bonchev–Trinajstić information content (AvgIpc) is 3.29. The van der Waals surface area contributed by atoms with Crippen molar-refractivity contribution in [1.29, 1.82) is 0 Å². The molecule has 3 aromatic rings. The molecule has 0 radical (unpaired) electrons. The van der Waals surface area contributed by atoms with Crippen molar-refractivity contribution in [3.05, 3.63) is 77.5 Å². The number of carbonyl (C=O) groups excluding carboxylic acids is 2. The molecule has 1 aliphatic heterocycles. The van der Waals surface area contributed by atoms with Crippen LogP contribution in [0.3, 0.4) is 0 Å². The Kier molecular flexibility index (Phi) is 5.21. The topological polar surface area (TPSA) is 73.4 Å². The number of aliphatic hydroxyl groups excluding tert-OH is 1. The van der Waals surface area contributed by atoms with Crippen LogP contribution in [0.15, 0.2) is 66.4 Å². The molecule has 0 bridgehead atoms. The number of aromatic nitrogens is 1. The van der Waals surface area contributed by atoms with Crippen molar-refractivity contribution in [3.63, 3.8) is 0 Å². The maximum absolute atomic E-state index is 13.0. The number of para-hydroxylation sites is 1. The Morgan fingerprint density at radius 2 is 1.76 bits per heavy atom. The number of Topliss-reactive ketones (excluding diaryl/α,β-unsaturated/α-hetero) is 1. The Bertz CT molecular complexity index is 1080. The fourth-order valence-electron chi connectivity index (χ4n) is 4.04. The fraction of sp³-hybridized carbons (Fsp3) is 0.250. The van der Waals surface area contributed by atoms with Gasteiger partial charge in [-0.25, -0.2) is 0 Å². The van der Waals surface area contributed by atoms with Gasteiger partial charge in [-0.05, 0) is 18.1 Å². The highest BCUT2D eigenvalue weighted by Gasteiger charge is 2.45. The Balaban J connectivity index is 1.86. The summed E-state index contributed by atoms with van der Waals surface area (Å²) >= 11 is 0. The average molecular weight is 388 g/mol. The smallest absolute Gasteiger partial charge is 0.295 e. The quantitative estimate of drug-likeness (QED) is 0.276. The summed E-state index contributed by atoms with van der Waals surface area (Å²) in [5.74, 6) is -1.30. The molecule has 1 aliphatic rings. The molecule has 2 heterocycles. The number of hydrogen-bond donors (Lipinski definition) is 2. The lowest BCUT2D eigenvalue weighted by Crippen LogP contribution is -2.30. The minimum absolute atomic E-state index is 0.132. The zero-order chi connectivity index (χ0) is 20.4. The van der Waals surface area contributed by atoms with E-state index in [-0.39, 0.29) is 11.3 Å². The molecule has 0 saturated carbocycles. The zero-order valence-electron chi connectivity index (χ0n) is 16.4. The van der Waals surface area contributed by atoms with Crippen molar-refractivity contribution < 1.29 is 14.7 Å². The highest BCUT2D eigenvalue weighted by Crippen LogP contribution is 2.40. The SMILES string of the molecule is CCCCCN1C(=O)C(=O)/C(=C(\O)c2c[nH]c3ccccc23)C1c1ccccc1. The van der Waals surface area contributed by atoms with Crippen LogP contribution in [-0.4, -0.2) is 33.2 Å². The highest BCUT2D eigenvalue weighted by molar-refractivity contribution is 6.46. The Morgan fingerprint density at radius 3 is 2.52 bits per heavy atom. The number of hydrogen-bond acceptors (Lipinski definition) is 3. The maximum atomic E-state index is 13.0. The predicted molar refractivity (Wildman–Crippen MR) is 113 cm³/mol. The van der Waals surface area contributed by atoms with Gasteiger partial charge in [-0.1, -0.05) is 68.3 Å². The van der Waals surface area contributed by atoms with Crippen LogP contribution in [0.1, 0.15) is 43.4 Å². The van der Waals surface area contributed by atoms with Crippen molar-refractivity contribution in [2.45, 2.75) is 32.2 Å². The monoisotopic (exact) mass is 388 g/mol. The summed E-state index contributed by atoms with van der Waals surface area (Å²) in [4.78, 5) is 30.6. The van der Waals surface area contributed by atoms with Crippen LogP contribution in [-0.2, 0) is 9.59 Å². The molecule has 1 fully saturated rings. The number of H-pyrrole nitrogens is 1. The fourth-order valence-corrected chi connectivity index (χ4v) is 4.04. The maximum Gasteiger partial charge on any atom is 0.295 e. The van der Waals surface area contributed by atoms with Crippen molar-refractivity contribution in [1.82, 2.24) is 9.88 Å². The number of unbranched alkanes of at least 4 members (excludes halogenated alkanes) is 2. The van der Waals surface area contributed by atoms with E-state index in [4.69, 9.17) is 0 Å². The second-order valence-electron chi connectivity index (χ2n) is 7.36. The van der Waals surface area contributed by atoms with E-state index < -0.39 is 17.7 Å². The zero-order valence-corrected chi connectivity index (χ0v) is 16.4. The lowest BCUT2D eigenvalue weighted by atomic mass is 9.95. The normalized spacial score (nSPS) is 18.7. The molecule has 2 N–H and O–H groups in total. The summed E-state index contributed by atoms with van der Waals surface area (Å²) < 4.78 is 0. The van der Waals surface area contributed by atoms with E-state index >= 15 is 0 Å². The van der Waals surface area contributed by atoms with Crippen LogP contribution in [0, 0.1) is 0 Å². The number of fused-ring (bicyclic) bond motifs is 1. The van der Waals surface area contributed by atoms with Gasteiger partial charge in [-0.15, -0.1) is 0 Å². The number of ketones is 1. The molecule has 1 amide bonds. The largest absolute Gasteiger partial charge is 0.507 e. The van der Waals surface area contributed by atoms with Crippen LogP contribution >= 0.6 is 0 Å². The van der Waals surface area contributed by atoms with Gasteiger partial charge in [0.05, 0.1) is 11.6 Å². The molecule has 29 heavy (non-hydrogen) atoms. The molecule has 5 nitrogen and oxygen atoms in total. The van der Waals surface area contributed by atoms with E-state index in [1.54, 1.807) is 11.1 Å². The van der Waals surface area contributed by atoms with Crippen molar-refractivity contribution in [2.75, 3.05) is 6.54 Å². The Hall–Kier alpha value is -3.34. The van der Waals surface area contributed by atoms with Gasteiger partial charge in [0.15, 0.2) is 0 Å². The predicted octanol–water partition coefficient (Wildman–Crippen LogP) is 4.78. The van der Waals surface area contributed by atoms with Crippen LogP contribution in [0.2, 0.25) is 0 Å². The van der Waals surface area contributed by atoms with E-state index in [2.05, 4.69) is 11.9 Å². The summed E-state index contributed by atoms with van der Waals surface area (Å²) in [6.45, 7) is 2.59. The van der Waals surface area contributed by atoms with E-state index in [0.29, 0.717) is 12.1 Å². The highest BCUT2D eigenvalue weighted by atomic mass is 16.3. The first-order valence-corrected chi connectivity index (χ1v) is 10.0. The van der Waals surface area contributed by atoms with Crippen LogP contribution < -0.4 is 0 Å². The lowest BCUT2D eigenvalue weighted by Gasteiger charge is -2.25. The number of nitrogens with one attached hydrogen (secondary N) is 1. The summed E-state index contributed by atoms with van der Waals surface area (Å²) in [5, 5.41) is 12.0. The molecular formula is C24H24N2O3. The molecular weight excluding hydrogens is 364 g/mol. The minimum atomic E-state index is -0.627. The molecule has 1 aromatic heterocycles. The van der Waals surface area contributed by atoms with Gasteiger partial charge in [0, 0.05) is 29.2 Å². The summed E-state index contributed by atoms with van der Waals surface area (Å²) in [6, 6.07) is 16.4. The number of benzene rings is 2. The van der Waals surface area contributed by atoms with Crippen molar-refractivity contribution in [3.8, 4) is 0 Å². The number of amides is 1. The molecule has 0 spiro atoms. The van der Waals surface area contributed by atoms with E-state index in [0.717, 1.165) is 35.7 Å². The van der Waals surface area contributed by atoms with Gasteiger partial charge in [-0.3, -0.25) is 9.59 Å². The first-order valence-electron chi connectivity index (χ1n) is 10.0. The number of rotatable bonds is 6. The van der Waals surface area contributed by atoms with E-state index in [1.165, 1.54) is 0 Å². The third kappa shape index (κ3) is 3.33. The molecule has 5 heteroatoms. The third-order valence-electron chi connectivity index (χ3n) is 5.50. The number of likely N-dealkylation sites (tertiary alicyclic amines) is 1. The van der Waals surface area contributed by atoms with Gasteiger partial charge in [0.25, 0.3) is 11.7 Å². The number of aromatic amines is 1. The molecule has 1 saturated heterocycles. The lowest BCUT2D eigenvalue weighted by molar-refractivity contribution is -0.139. The number of carbonyl (C=O) groups is 2. The van der Waals surface area contributed by atoms with Gasteiger partial charge in [0.1, 0.15) is 5.76 Å². The molecule has 1 atom stereocenters. The van der Waals surface area contributed by atoms with Gasteiger partial charge < -0.3 is 15.0 Å². The second-order valence-corrected chi connectivity index (χ2v) is 7.36. The van der Waals surface area contributed by atoms with Gasteiger partial charge in [0.2, 0.25) is 0 Å². The Labute approximate surface area is 169 Å². The van der Waals surface area contributed by atoms with Crippen LogP contribution in [0.25, 0.3) is 16.7 Å². The molecule has 1 unspecified atom stereocenters. The minimum Gasteiger partial charge on any atom is -0.507 e. The standard InChI is InChI=1S/C24H24N2O3/c1-2-3-9-14-26-21(16-10-5-4-6-11-16)20(23(28)24(26)29)22(27)18-15-25-19-13-8-7-12-17(18)19/h4-8,10-13,15,21,25,27H,2-3,9,14H2,1H3/b22-20-. The Morgan fingerprint density at radius 1 is 1.03 bits per heavy atom. The van der Waals surface area contributed by atoms with Crippen LogP contribution in [0.4, 0.5) is 0 Å². The third-order valence-corrected chi connectivity index (χ3v) is 5.50. The summed E-state index contributed by atoms with van der Waals surface area (Å²) in [6.07, 6.45) is 4.51. The summed E-state index contributed by atoms with van der Waals surface area (Å²) in [7, 11) is 0. The molecule has 0 aliphatic carbocycles. The van der Waals surface area contributed by atoms with E-state index in [1.807, 2.05) is 54.6 Å². The molecule has 2 aromatic carbocycles. The van der Waals surface area contributed by atoms with Crippen molar-refractivity contribution in [2.24, 2.45) is 0 Å². The van der Waals surface area contributed by atoms with Crippen molar-refractivity contribution >= 4 is 28.4 Å². The number of nitrogens with zero attached hydrogens (tertiary/aromatic N) is 1. The first-order chi connectivity index (χ1) is 14.1. The summed E-state index contributed by atoms with van der Waals surface area (Å²) in [5.41, 5.74) is 2.38. The second kappa shape index (κ2) is 7.95. The molecule has 4 rings (SSSR count). The number of aliphatic hydroxyl groups is 1.